The monoisotopic (exact) mass is 284 g/mol. The topological polar surface area (TPSA) is 88.5 Å². The minimum Gasteiger partial charge on any atom is -0.479 e. The largest absolute Gasteiger partial charge is 0.479 e. The predicted octanol–water partition coefficient (Wildman–Crippen LogP) is 0.954. The highest BCUT2D eigenvalue weighted by Gasteiger charge is 2.34. The van der Waals surface area contributed by atoms with Crippen LogP contribution in [0.5, 0.6) is 0 Å². The van der Waals surface area contributed by atoms with E-state index < -0.39 is 18.2 Å². The Bertz CT molecular complexity index is 474. The molecule has 0 radical (unpaired) electrons. The maximum absolute atomic E-state index is 11.8. The van der Waals surface area contributed by atoms with Crippen molar-refractivity contribution in [3.63, 3.8) is 0 Å². The van der Waals surface area contributed by atoms with E-state index in [0.717, 1.165) is 11.4 Å². The lowest BCUT2D eigenvalue weighted by atomic mass is 10.2. The van der Waals surface area contributed by atoms with Gasteiger partial charge in [-0.15, -0.1) is 11.3 Å². The molecule has 2 N–H and O–H groups in total. The zero-order chi connectivity index (χ0) is 13.8. The van der Waals surface area contributed by atoms with Crippen LogP contribution in [0.3, 0.4) is 0 Å². The zero-order valence-electron chi connectivity index (χ0n) is 10.6. The molecule has 104 valence electrons. The number of hydrogen-bond acceptors (Lipinski definition) is 5. The molecule has 6 nitrogen and oxygen atoms in total. The van der Waals surface area contributed by atoms with Crippen LogP contribution in [0, 0.1) is 0 Å². The van der Waals surface area contributed by atoms with Crippen LogP contribution in [-0.4, -0.2) is 34.2 Å². The van der Waals surface area contributed by atoms with Crippen molar-refractivity contribution < 1.29 is 19.4 Å². The van der Waals surface area contributed by atoms with E-state index in [4.69, 9.17) is 9.84 Å². The number of amides is 1. The van der Waals surface area contributed by atoms with Crippen LogP contribution in [-0.2, 0) is 27.3 Å². The van der Waals surface area contributed by atoms with Crippen LogP contribution in [0.1, 0.15) is 29.7 Å². The van der Waals surface area contributed by atoms with Gasteiger partial charge in [0.2, 0.25) is 5.91 Å². The fourth-order valence-corrected chi connectivity index (χ4v) is 2.68. The summed E-state index contributed by atoms with van der Waals surface area (Å²) < 4.78 is 5.17. The van der Waals surface area contributed by atoms with Crippen LogP contribution in [0.25, 0.3) is 0 Å². The van der Waals surface area contributed by atoms with Gasteiger partial charge in [0.05, 0.1) is 6.54 Å². The molecule has 0 saturated carbocycles. The molecule has 2 atom stereocenters. The lowest BCUT2D eigenvalue weighted by Crippen LogP contribution is -2.35. The summed E-state index contributed by atoms with van der Waals surface area (Å²) in [5, 5.41) is 12.4. The summed E-state index contributed by atoms with van der Waals surface area (Å²) in [4.78, 5) is 27.9. The second-order valence-corrected chi connectivity index (χ2v) is 5.52. The Morgan fingerprint density at radius 1 is 1.53 bits per heavy atom. The fourth-order valence-electron chi connectivity index (χ4n) is 1.88. The predicted molar refractivity (Wildman–Crippen MR) is 68.9 cm³/mol. The molecule has 1 aromatic heterocycles. The Morgan fingerprint density at radius 3 is 2.84 bits per heavy atom. The molecule has 1 saturated heterocycles. The summed E-state index contributed by atoms with van der Waals surface area (Å²) in [7, 11) is 0. The van der Waals surface area contributed by atoms with Crippen molar-refractivity contribution in [2.75, 3.05) is 0 Å². The minimum atomic E-state index is -1.01. The molecule has 0 spiro atoms. The number of carbonyl (C=O) groups excluding carboxylic acids is 1. The molecule has 2 rings (SSSR count). The summed E-state index contributed by atoms with van der Waals surface area (Å²) in [6.45, 7) is 2.41. The van der Waals surface area contributed by atoms with Crippen LogP contribution in [0.4, 0.5) is 0 Å². The first-order chi connectivity index (χ1) is 9.10. The van der Waals surface area contributed by atoms with Gasteiger partial charge in [0.15, 0.2) is 6.10 Å². The van der Waals surface area contributed by atoms with Gasteiger partial charge in [0.1, 0.15) is 11.1 Å². The highest BCUT2D eigenvalue weighted by Crippen LogP contribution is 2.20. The first-order valence-electron chi connectivity index (χ1n) is 6.19. The SMILES string of the molecule is CCc1cnc(CNC(=O)[C@@H]2CC[C@H](C(=O)O)O2)s1. The normalized spacial score (nSPS) is 22.4. The van der Waals surface area contributed by atoms with Gasteiger partial charge in [0, 0.05) is 11.1 Å². The number of carbonyl (C=O) groups is 2. The van der Waals surface area contributed by atoms with Crippen molar-refractivity contribution in [2.24, 2.45) is 0 Å². The third-order valence-electron chi connectivity index (χ3n) is 2.95. The van der Waals surface area contributed by atoms with Gasteiger partial charge < -0.3 is 15.2 Å². The molecule has 1 amide bonds. The number of ether oxygens (including phenoxy) is 1. The van der Waals surface area contributed by atoms with Crippen LogP contribution < -0.4 is 5.32 Å². The number of carboxylic acids is 1. The number of aryl methyl sites for hydroxylation is 1. The first-order valence-corrected chi connectivity index (χ1v) is 7.01. The highest BCUT2D eigenvalue weighted by molar-refractivity contribution is 7.11. The maximum atomic E-state index is 11.8. The number of thiazole rings is 1. The molecule has 0 aliphatic carbocycles. The highest BCUT2D eigenvalue weighted by atomic mass is 32.1. The summed E-state index contributed by atoms with van der Waals surface area (Å²) in [5.41, 5.74) is 0. The number of carboxylic acid groups (broad SMARTS) is 1. The van der Waals surface area contributed by atoms with Crippen molar-refractivity contribution in [1.82, 2.24) is 10.3 Å². The number of aromatic nitrogens is 1. The van der Waals surface area contributed by atoms with E-state index in [2.05, 4.69) is 10.3 Å². The van der Waals surface area contributed by atoms with Crippen molar-refractivity contribution in [3.05, 3.63) is 16.1 Å². The second-order valence-electron chi connectivity index (χ2n) is 4.32. The molecule has 0 bridgehead atoms. The number of nitrogens with zero attached hydrogens (tertiary/aromatic N) is 1. The van der Waals surface area contributed by atoms with E-state index in [-0.39, 0.29) is 5.91 Å². The Morgan fingerprint density at radius 2 is 2.26 bits per heavy atom. The number of hydrogen-bond donors (Lipinski definition) is 2. The fraction of sp³-hybridized carbons (Fsp3) is 0.583. The van der Waals surface area contributed by atoms with Crippen molar-refractivity contribution >= 4 is 23.2 Å². The Balaban J connectivity index is 1.80. The van der Waals surface area contributed by atoms with Crippen molar-refractivity contribution in [1.29, 1.82) is 0 Å². The molecule has 1 aliphatic rings. The van der Waals surface area contributed by atoms with Gasteiger partial charge in [-0.2, -0.15) is 0 Å². The quantitative estimate of drug-likeness (QED) is 0.840. The molecular weight excluding hydrogens is 268 g/mol. The third-order valence-corrected chi connectivity index (χ3v) is 4.09. The molecule has 1 aliphatic heterocycles. The van der Waals surface area contributed by atoms with E-state index >= 15 is 0 Å². The van der Waals surface area contributed by atoms with Crippen LogP contribution >= 0.6 is 11.3 Å². The number of aliphatic carboxylic acids is 1. The Kier molecular flexibility index (Phi) is 4.49. The molecule has 1 aromatic rings. The minimum absolute atomic E-state index is 0.267. The van der Waals surface area contributed by atoms with Gasteiger partial charge >= 0.3 is 5.97 Å². The summed E-state index contributed by atoms with van der Waals surface area (Å²) in [6, 6.07) is 0. The average Bonchev–Trinajstić information content (AvgIpc) is 3.04. The van der Waals surface area contributed by atoms with E-state index in [9.17, 15) is 9.59 Å². The second kappa shape index (κ2) is 6.12. The average molecular weight is 284 g/mol. The van der Waals surface area contributed by atoms with Crippen LogP contribution in [0.2, 0.25) is 0 Å². The van der Waals surface area contributed by atoms with Crippen molar-refractivity contribution in [2.45, 2.75) is 44.9 Å². The molecule has 2 heterocycles. The molecule has 7 heteroatoms. The molecule has 0 unspecified atom stereocenters. The third kappa shape index (κ3) is 3.51. The van der Waals surface area contributed by atoms with Gasteiger partial charge in [-0.3, -0.25) is 4.79 Å². The summed E-state index contributed by atoms with van der Waals surface area (Å²) in [6.07, 6.45) is 2.04. The Labute approximate surface area is 114 Å². The lowest BCUT2D eigenvalue weighted by Gasteiger charge is -2.10. The number of nitrogens with one attached hydrogen (secondary N) is 1. The molecule has 1 fully saturated rings. The molecule has 0 aromatic carbocycles. The van der Waals surface area contributed by atoms with Gasteiger partial charge in [0.25, 0.3) is 0 Å². The maximum Gasteiger partial charge on any atom is 0.332 e. The van der Waals surface area contributed by atoms with Gasteiger partial charge in [-0.1, -0.05) is 6.92 Å². The standard InChI is InChI=1S/C12H16N2O4S/c1-2-7-5-13-10(19-7)6-14-11(15)8-3-4-9(18-8)12(16)17/h5,8-9H,2-4,6H2,1H3,(H,14,15)(H,16,17)/t8-,9+/m0/s1. The van der Waals surface area contributed by atoms with E-state index in [1.54, 1.807) is 17.5 Å². The molecule has 19 heavy (non-hydrogen) atoms. The Hall–Kier alpha value is -1.47. The van der Waals surface area contributed by atoms with Crippen LogP contribution in [0.15, 0.2) is 6.20 Å². The number of rotatable bonds is 5. The van der Waals surface area contributed by atoms with E-state index in [1.165, 1.54) is 4.88 Å². The zero-order valence-corrected chi connectivity index (χ0v) is 11.4. The summed E-state index contributed by atoms with van der Waals surface area (Å²) in [5.74, 6) is -1.28. The van der Waals surface area contributed by atoms with Gasteiger partial charge in [-0.25, -0.2) is 9.78 Å². The van der Waals surface area contributed by atoms with Crippen molar-refractivity contribution in [3.8, 4) is 0 Å². The molecular formula is C12H16N2O4S. The van der Waals surface area contributed by atoms with Gasteiger partial charge in [-0.05, 0) is 19.3 Å². The first kappa shape index (κ1) is 14.0. The smallest absolute Gasteiger partial charge is 0.332 e. The van der Waals surface area contributed by atoms with E-state index in [1.807, 2.05) is 6.92 Å². The lowest BCUT2D eigenvalue weighted by molar-refractivity contribution is -0.151. The van der Waals surface area contributed by atoms with E-state index in [0.29, 0.717) is 19.4 Å². The summed E-state index contributed by atoms with van der Waals surface area (Å²) >= 11 is 1.56.